The number of carbonyl (C=O) groups excluding carboxylic acids is 2. The molecule has 2 fully saturated rings. The Morgan fingerprint density at radius 1 is 1.17 bits per heavy atom. The number of thiophene rings is 1. The van der Waals surface area contributed by atoms with Gasteiger partial charge in [-0.2, -0.15) is 4.98 Å². The van der Waals surface area contributed by atoms with Crippen molar-refractivity contribution in [3.63, 3.8) is 0 Å². The number of piperidine rings is 1. The van der Waals surface area contributed by atoms with Gasteiger partial charge in [0.1, 0.15) is 4.88 Å². The Bertz CT molecular complexity index is 1700. The van der Waals surface area contributed by atoms with Crippen LogP contribution in [0.1, 0.15) is 41.4 Å². The Balaban J connectivity index is 1.17. The summed E-state index contributed by atoms with van der Waals surface area (Å²) in [4.78, 5) is 48.5. The molecule has 3 aliphatic heterocycles. The predicted molar refractivity (Wildman–Crippen MR) is 157 cm³/mol. The Kier molecular flexibility index (Phi) is 6.44. The summed E-state index contributed by atoms with van der Waals surface area (Å²) in [6, 6.07) is 3.82. The third-order valence-corrected chi connectivity index (χ3v) is 9.66. The number of hydrogen-bond acceptors (Lipinski definition) is 10. The molecule has 1 spiro atoms. The summed E-state index contributed by atoms with van der Waals surface area (Å²) in [6.07, 6.45) is 5.74. The topological polar surface area (TPSA) is 125 Å². The highest BCUT2D eigenvalue weighted by molar-refractivity contribution is 7.21. The van der Waals surface area contributed by atoms with Gasteiger partial charge in [0.25, 0.3) is 5.91 Å². The number of nitrogens with one attached hydrogen (secondary N) is 2. The molecule has 0 aliphatic carbocycles. The van der Waals surface area contributed by atoms with E-state index in [4.69, 9.17) is 26.3 Å². The van der Waals surface area contributed by atoms with Crippen LogP contribution in [0, 0.1) is 5.41 Å². The summed E-state index contributed by atoms with van der Waals surface area (Å²) in [5.74, 6) is 0.532. The fourth-order valence-corrected chi connectivity index (χ4v) is 7.26. The molecule has 0 saturated carbocycles. The lowest BCUT2D eigenvalue weighted by Crippen LogP contribution is -2.39. The van der Waals surface area contributed by atoms with E-state index in [1.54, 1.807) is 12.4 Å². The van der Waals surface area contributed by atoms with Gasteiger partial charge in [-0.05, 0) is 69.1 Å². The highest BCUT2D eigenvalue weighted by atomic mass is 35.5. The van der Waals surface area contributed by atoms with Crippen LogP contribution in [-0.4, -0.2) is 80.8 Å². The van der Waals surface area contributed by atoms with Crippen LogP contribution in [0.3, 0.4) is 0 Å². The molecule has 212 valence electrons. The summed E-state index contributed by atoms with van der Waals surface area (Å²) in [7, 11) is 2.12. The van der Waals surface area contributed by atoms with E-state index in [0.29, 0.717) is 47.5 Å². The number of amides is 2. The van der Waals surface area contributed by atoms with Gasteiger partial charge in [-0.3, -0.25) is 9.59 Å². The second-order valence-electron chi connectivity index (χ2n) is 11.4. The minimum absolute atomic E-state index is 0.0119. The first-order valence-corrected chi connectivity index (χ1v) is 14.9. The predicted octanol–water partition coefficient (Wildman–Crippen LogP) is 4.07. The van der Waals surface area contributed by atoms with E-state index in [0.717, 1.165) is 41.7 Å². The Morgan fingerprint density at radius 2 is 2.00 bits per heavy atom. The van der Waals surface area contributed by atoms with Gasteiger partial charge in [-0.25, -0.2) is 15.0 Å². The second-order valence-corrected chi connectivity index (χ2v) is 12.8. The van der Waals surface area contributed by atoms with Crippen LogP contribution in [0.4, 0.5) is 5.69 Å². The van der Waals surface area contributed by atoms with E-state index in [1.807, 2.05) is 24.0 Å². The van der Waals surface area contributed by atoms with Gasteiger partial charge in [0.15, 0.2) is 0 Å². The highest BCUT2D eigenvalue weighted by Crippen LogP contribution is 2.42. The third kappa shape index (κ3) is 4.83. The summed E-state index contributed by atoms with van der Waals surface area (Å²) in [5.41, 5.74) is 2.76. The van der Waals surface area contributed by atoms with Crippen molar-refractivity contribution in [2.24, 2.45) is 5.41 Å². The first kappa shape index (κ1) is 26.3. The first-order valence-electron chi connectivity index (χ1n) is 13.7. The second kappa shape index (κ2) is 10.0. The maximum Gasteiger partial charge on any atom is 0.263 e. The number of rotatable bonds is 4. The SMILES string of the molecule is C[C@@H]1CNc2c(sc3ccc4nc(Oc5nc(Cl)ncc5CN5CC6(CCN(C)CC6)CC5=O)cnc4c23)C(=O)N1. The molecule has 0 bridgehead atoms. The zero-order valence-corrected chi connectivity index (χ0v) is 24.3. The van der Waals surface area contributed by atoms with E-state index in [-0.39, 0.29) is 40.3 Å². The average Bonchev–Trinajstić information content (AvgIpc) is 3.43. The third-order valence-electron chi connectivity index (χ3n) is 8.32. The minimum Gasteiger partial charge on any atom is -0.418 e. The molecule has 3 aromatic heterocycles. The highest BCUT2D eigenvalue weighted by Gasteiger charge is 2.44. The van der Waals surface area contributed by atoms with Crippen molar-refractivity contribution in [3.05, 3.63) is 40.3 Å². The van der Waals surface area contributed by atoms with Crippen molar-refractivity contribution < 1.29 is 14.3 Å². The molecule has 0 unspecified atom stereocenters. The van der Waals surface area contributed by atoms with Gasteiger partial charge in [-0.1, -0.05) is 0 Å². The van der Waals surface area contributed by atoms with E-state index >= 15 is 0 Å². The van der Waals surface area contributed by atoms with Gasteiger partial charge in [-0.15, -0.1) is 11.3 Å². The van der Waals surface area contributed by atoms with Crippen LogP contribution in [0.5, 0.6) is 11.8 Å². The van der Waals surface area contributed by atoms with Gasteiger partial charge < -0.3 is 25.2 Å². The van der Waals surface area contributed by atoms with Crippen molar-refractivity contribution >= 4 is 61.6 Å². The van der Waals surface area contributed by atoms with Crippen LogP contribution < -0.4 is 15.4 Å². The van der Waals surface area contributed by atoms with E-state index in [2.05, 4.69) is 32.5 Å². The molecular weight excluding hydrogens is 564 g/mol. The van der Waals surface area contributed by atoms with Gasteiger partial charge in [0.2, 0.25) is 23.0 Å². The van der Waals surface area contributed by atoms with Crippen LogP contribution in [0.2, 0.25) is 5.28 Å². The fraction of sp³-hybridized carbons (Fsp3) is 0.429. The van der Waals surface area contributed by atoms with E-state index < -0.39 is 0 Å². The molecule has 4 aromatic rings. The molecule has 3 aliphatic rings. The smallest absolute Gasteiger partial charge is 0.263 e. The molecule has 41 heavy (non-hydrogen) atoms. The lowest BCUT2D eigenvalue weighted by atomic mass is 9.78. The Labute approximate surface area is 245 Å². The zero-order valence-electron chi connectivity index (χ0n) is 22.7. The molecule has 7 rings (SSSR count). The van der Waals surface area contributed by atoms with Gasteiger partial charge in [0, 0.05) is 41.8 Å². The largest absolute Gasteiger partial charge is 0.418 e. The number of aromatic nitrogens is 4. The van der Waals surface area contributed by atoms with Crippen LogP contribution in [-0.2, 0) is 11.3 Å². The van der Waals surface area contributed by atoms with E-state index in [9.17, 15) is 9.59 Å². The van der Waals surface area contributed by atoms with Crippen molar-refractivity contribution in [1.82, 2.24) is 35.1 Å². The standard InChI is InChI=1S/C28H29ClN8O3S/c1-15-10-30-23-21-18(41-24(23)25(39)33-15)4-3-17-22(21)31-12-19(34-17)40-26-16(11-32-27(29)35-26)13-37-14-28(9-20(37)38)5-7-36(2)8-6-28/h3-4,11-12,15,30H,5-10,13-14H2,1-2H3,(H,33,39)/t15-/m1/s1. The summed E-state index contributed by atoms with van der Waals surface area (Å²) < 4.78 is 7.07. The number of carbonyl (C=O) groups is 2. The summed E-state index contributed by atoms with van der Waals surface area (Å²) in [5, 5.41) is 7.32. The number of benzene rings is 1. The van der Waals surface area contributed by atoms with Crippen LogP contribution >= 0.6 is 22.9 Å². The van der Waals surface area contributed by atoms with Gasteiger partial charge in [0.05, 0.1) is 35.0 Å². The lowest BCUT2D eigenvalue weighted by molar-refractivity contribution is -0.128. The van der Waals surface area contributed by atoms with Crippen LogP contribution in [0.15, 0.2) is 24.5 Å². The number of nitrogens with zero attached hydrogens (tertiary/aromatic N) is 6. The zero-order chi connectivity index (χ0) is 28.3. The fourth-order valence-electron chi connectivity index (χ4n) is 6.05. The summed E-state index contributed by atoms with van der Waals surface area (Å²) in [6.45, 7) is 5.63. The number of hydrogen-bond donors (Lipinski definition) is 2. The number of ether oxygens (including phenoxy) is 1. The molecule has 0 radical (unpaired) electrons. The average molecular weight is 593 g/mol. The quantitative estimate of drug-likeness (QED) is 0.337. The maximum absolute atomic E-state index is 13.0. The number of fused-ring (bicyclic) bond motifs is 5. The molecule has 2 saturated heterocycles. The lowest BCUT2D eigenvalue weighted by Gasteiger charge is -2.37. The van der Waals surface area contributed by atoms with Crippen molar-refractivity contribution in [2.75, 3.05) is 38.5 Å². The Hall–Kier alpha value is -3.61. The monoisotopic (exact) mass is 592 g/mol. The molecule has 1 aromatic carbocycles. The van der Waals surface area contributed by atoms with E-state index in [1.165, 1.54) is 11.3 Å². The molecule has 13 heteroatoms. The van der Waals surface area contributed by atoms with Crippen LogP contribution in [0.25, 0.3) is 21.1 Å². The number of halogens is 1. The molecule has 2 N–H and O–H groups in total. The van der Waals surface area contributed by atoms with Crippen molar-refractivity contribution in [3.8, 4) is 11.8 Å². The molecular formula is C28H29ClN8O3S. The maximum atomic E-state index is 13.0. The molecule has 6 heterocycles. The van der Waals surface area contributed by atoms with Crippen molar-refractivity contribution in [1.29, 1.82) is 0 Å². The van der Waals surface area contributed by atoms with Gasteiger partial charge >= 0.3 is 0 Å². The number of likely N-dealkylation sites (tertiary alicyclic amines) is 2. The molecule has 1 atom stereocenters. The van der Waals surface area contributed by atoms with Crippen molar-refractivity contribution in [2.45, 2.75) is 38.8 Å². The molecule has 11 nitrogen and oxygen atoms in total. The summed E-state index contributed by atoms with van der Waals surface area (Å²) >= 11 is 7.58. The number of anilines is 1. The first-order chi connectivity index (χ1) is 19.8. The Morgan fingerprint density at radius 3 is 2.83 bits per heavy atom. The molecule has 2 amide bonds. The minimum atomic E-state index is -0.0915. The normalized spacial score (nSPS) is 20.8.